The van der Waals surface area contributed by atoms with Crippen LogP contribution in [0.1, 0.15) is 42.2 Å². The molecule has 5 rings (SSSR count). The molecule has 2 fully saturated rings. The zero-order chi connectivity index (χ0) is 21.0. The van der Waals surface area contributed by atoms with E-state index >= 15 is 0 Å². The van der Waals surface area contributed by atoms with E-state index in [-0.39, 0.29) is 6.61 Å². The summed E-state index contributed by atoms with van der Waals surface area (Å²) in [7, 11) is 0. The fraction of sp³-hybridized carbons (Fsp3) is 0.522. The number of anilines is 1. The van der Waals surface area contributed by atoms with Crippen molar-refractivity contribution in [2.24, 2.45) is 0 Å². The first-order chi connectivity index (χ1) is 15.3. The van der Waals surface area contributed by atoms with Gasteiger partial charge in [-0.25, -0.2) is 9.97 Å². The molecule has 31 heavy (non-hydrogen) atoms. The van der Waals surface area contributed by atoms with Crippen molar-refractivity contribution in [3.05, 3.63) is 46.5 Å². The van der Waals surface area contributed by atoms with Crippen molar-refractivity contribution in [1.29, 1.82) is 0 Å². The second-order valence-corrected chi connectivity index (χ2v) is 9.54. The summed E-state index contributed by atoms with van der Waals surface area (Å²) in [6.07, 6.45) is 8.64. The van der Waals surface area contributed by atoms with Gasteiger partial charge in [-0.05, 0) is 49.7 Å². The molecule has 1 N–H and O–H groups in total. The molecule has 0 spiro atoms. The first kappa shape index (κ1) is 20.6. The summed E-state index contributed by atoms with van der Waals surface area (Å²) in [5.41, 5.74) is 3.13. The van der Waals surface area contributed by atoms with Crippen LogP contribution in [0.5, 0.6) is 0 Å². The van der Waals surface area contributed by atoms with E-state index in [1.165, 1.54) is 24.1 Å². The number of thiophene rings is 1. The molecule has 0 bridgehead atoms. The van der Waals surface area contributed by atoms with Gasteiger partial charge in [-0.2, -0.15) is 5.10 Å². The second kappa shape index (κ2) is 9.46. The van der Waals surface area contributed by atoms with E-state index in [9.17, 15) is 5.11 Å². The van der Waals surface area contributed by atoms with Crippen LogP contribution < -0.4 is 4.90 Å². The van der Waals surface area contributed by atoms with Crippen LogP contribution in [0.3, 0.4) is 0 Å². The number of piperidine rings is 1. The summed E-state index contributed by atoms with van der Waals surface area (Å²) in [6, 6.07) is 6.34. The number of hydrogen-bond acceptors (Lipinski definition) is 7. The first-order valence-corrected chi connectivity index (χ1v) is 12.2. The van der Waals surface area contributed by atoms with Gasteiger partial charge >= 0.3 is 0 Å². The Hall–Kier alpha value is -2.29. The molecule has 1 atom stereocenters. The van der Waals surface area contributed by atoms with Crippen molar-refractivity contribution in [3.63, 3.8) is 0 Å². The van der Waals surface area contributed by atoms with Crippen LogP contribution >= 0.6 is 11.3 Å². The van der Waals surface area contributed by atoms with Gasteiger partial charge < -0.3 is 10.0 Å². The highest BCUT2D eigenvalue weighted by Crippen LogP contribution is 2.34. The quantitative estimate of drug-likeness (QED) is 0.610. The van der Waals surface area contributed by atoms with Crippen molar-refractivity contribution < 1.29 is 5.11 Å². The number of rotatable bonds is 7. The minimum Gasteiger partial charge on any atom is -0.394 e. The van der Waals surface area contributed by atoms with Gasteiger partial charge in [0.2, 0.25) is 5.95 Å². The Morgan fingerprint density at radius 1 is 1.13 bits per heavy atom. The standard InChI is InChI=1S/C23H30N6OS/c30-13-12-29-17-20(21-7-8-24-23(25-21)28-10-1-2-11-28)22(26-29)18-5-3-9-27(15-18)16-19-6-4-14-31-19/h4,6-8,14,17-18,30H,1-3,5,9-13,15-16H2. The van der Waals surface area contributed by atoms with Crippen LogP contribution in [0.4, 0.5) is 5.95 Å². The van der Waals surface area contributed by atoms with Gasteiger partial charge in [-0.1, -0.05) is 6.07 Å². The normalized spacial score (nSPS) is 19.9. The lowest BCUT2D eigenvalue weighted by Gasteiger charge is -2.32. The van der Waals surface area contributed by atoms with E-state index in [0.717, 1.165) is 62.0 Å². The molecular weight excluding hydrogens is 408 g/mol. The Morgan fingerprint density at radius 2 is 2.03 bits per heavy atom. The predicted octanol–water partition coefficient (Wildman–Crippen LogP) is 3.37. The molecule has 0 radical (unpaired) electrons. The van der Waals surface area contributed by atoms with Crippen LogP contribution in [0, 0.1) is 0 Å². The van der Waals surface area contributed by atoms with Crippen LogP contribution in [0.2, 0.25) is 0 Å². The number of hydrogen-bond donors (Lipinski definition) is 1. The molecule has 2 saturated heterocycles. The van der Waals surface area contributed by atoms with Gasteiger partial charge in [0.1, 0.15) is 0 Å². The smallest absolute Gasteiger partial charge is 0.225 e. The van der Waals surface area contributed by atoms with Crippen LogP contribution in [-0.2, 0) is 13.1 Å². The Bertz CT molecular complexity index is 982. The van der Waals surface area contributed by atoms with Crippen LogP contribution in [0.25, 0.3) is 11.3 Å². The molecule has 3 aromatic rings. The zero-order valence-electron chi connectivity index (χ0n) is 17.9. The summed E-state index contributed by atoms with van der Waals surface area (Å²) >= 11 is 1.83. The average Bonchev–Trinajstić information content (AvgIpc) is 3.56. The number of aliphatic hydroxyl groups excluding tert-OH is 1. The summed E-state index contributed by atoms with van der Waals surface area (Å²) in [6.45, 7) is 5.79. The Morgan fingerprint density at radius 3 is 2.84 bits per heavy atom. The largest absolute Gasteiger partial charge is 0.394 e. The molecule has 8 heteroatoms. The number of nitrogens with zero attached hydrogens (tertiary/aromatic N) is 6. The lowest BCUT2D eigenvalue weighted by atomic mass is 9.91. The molecule has 7 nitrogen and oxygen atoms in total. The average molecular weight is 439 g/mol. The van der Waals surface area contributed by atoms with E-state index in [1.807, 2.05) is 28.3 Å². The maximum absolute atomic E-state index is 9.47. The molecule has 5 heterocycles. The molecule has 2 aliphatic rings. The topological polar surface area (TPSA) is 70.3 Å². The van der Waals surface area contributed by atoms with Gasteiger partial charge in [0, 0.05) is 54.9 Å². The van der Waals surface area contributed by atoms with Crippen LogP contribution in [-0.4, -0.2) is 62.5 Å². The minimum absolute atomic E-state index is 0.0819. The van der Waals surface area contributed by atoms with E-state index in [1.54, 1.807) is 0 Å². The van der Waals surface area contributed by atoms with Crippen molar-refractivity contribution in [2.75, 3.05) is 37.7 Å². The van der Waals surface area contributed by atoms with E-state index in [0.29, 0.717) is 12.5 Å². The van der Waals surface area contributed by atoms with Gasteiger partial charge in [-0.3, -0.25) is 9.58 Å². The number of likely N-dealkylation sites (tertiary alicyclic amines) is 1. The summed E-state index contributed by atoms with van der Waals surface area (Å²) in [4.78, 5) is 15.7. The van der Waals surface area contributed by atoms with Crippen LogP contribution in [0.15, 0.2) is 36.0 Å². The molecule has 3 aromatic heterocycles. The molecular formula is C23H30N6OS. The molecule has 2 aliphatic heterocycles. The Kier molecular flexibility index (Phi) is 6.29. The maximum Gasteiger partial charge on any atom is 0.225 e. The summed E-state index contributed by atoms with van der Waals surface area (Å²) in [5.74, 6) is 1.19. The lowest BCUT2D eigenvalue weighted by molar-refractivity contribution is 0.199. The Balaban J connectivity index is 1.42. The van der Waals surface area contributed by atoms with Crippen molar-refractivity contribution in [2.45, 2.75) is 44.7 Å². The third-order valence-electron chi connectivity index (χ3n) is 6.28. The van der Waals surface area contributed by atoms with E-state index in [4.69, 9.17) is 10.1 Å². The third-order valence-corrected chi connectivity index (χ3v) is 7.14. The van der Waals surface area contributed by atoms with E-state index in [2.05, 4.69) is 38.5 Å². The molecule has 0 aromatic carbocycles. The highest BCUT2D eigenvalue weighted by molar-refractivity contribution is 7.09. The van der Waals surface area contributed by atoms with E-state index < -0.39 is 0 Å². The molecule has 0 aliphatic carbocycles. The molecule has 164 valence electrons. The highest BCUT2D eigenvalue weighted by Gasteiger charge is 2.27. The van der Waals surface area contributed by atoms with Gasteiger partial charge in [-0.15, -0.1) is 11.3 Å². The fourth-order valence-electron chi connectivity index (χ4n) is 4.77. The predicted molar refractivity (Wildman–Crippen MR) is 123 cm³/mol. The highest BCUT2D eigenvalue weighted by atomic mass is 32.1. The van der Waals surface area contributed by atoms with Gasteiger partial charge in [0.05, 0.1) is 24.5 Å². The summed E-state index contributed by atoms with van der Waals surface area (Å²) in [5, 5.41) is 16.5. The third kappa shape index (κ3) is 4.66. The molecule has 1 unspecified atom stereocenters. The lowest BCUT2D eigenvalue weighted by Crippen LogP contribution is -2.34. The van der Waals surface area contributed by atoms with Gasteiger partial charge in [0.25, 0.3) is 0 Å². The first-order valence-electron chi connectivity index (χ1n) is 11.3. The monoisotopic (exact) mass is 438 g/mol. The zero-order valence-corrected chi connectivity index (χ0v) is 18.7. The Labute approximate surface area is 187 Å². The maximum atomic E-state index is 9.47. The van der Waals surface area contributed by atoms with Gasteiger partial charge in [0.15, 0.2) is 0 Å². The fourth-order valence-corrected chi connectivity index (χ4v) is 5.51. The SMILES string of the molecule is OCCn1cc(-c2ccnc(N3CCCC3)n2)c(C2CCCN(Cc3cccs3)C2)n1. The van der Waals surface area contributed by atoms with Crippen molar-refractivity contribution in [3.8, 4) is 11.3 Å². The van der Waals surface area contributed by atoms with Crippen molar-refractivity contribution >= 4 is 17.3 Å². The summed E-state index contributed by atoms with van der Waals surface area (Å²) < 4.78 is 1.88. The molecule has 0 saturated carbocycles. The van der Waals surface area contributed by atoms with Crippen molar-refractivity contribution in [1.82, 2.24) is 24.6 Å². The number of aliphatic hydroxyl groups is 1. The minimum atomic E-state index is 0.0819. The second-order valence-electron chi connectivity index (χ2n) is 8.50. The molecule has 0 amide bonds. The number of aromatic nitrogens is 4.